The normalized spacial score (nSPS) is 49.1. The standard InChI is InChI=1S/C24H30N2S/c1-15-19-11-22(21(27)26-18-9-7-17(25)8-10-18)13-23(16-5-3-2-4-6-16)12-20(15)24(19,23)14-22/h2-6,17-20H,1,7-14,25H2,(H,26,27). The predicted octanol–water partition coefficient (Wildman–Crippen LogP) is 4.49. The van der Waals surface area contributed by atoms with Crippen molar-refractivity contribution in [2.45, 2.75) is 68.9 Å². The molecule has 3 N–H and O–H groups in total. The molecule has 0 amide bonds. The number of rotatable bonds is 3. The van der Waals surface area contributed by atoms with Gasteiger partial charge in [-0.2, -0.15) is 0 Å². The molecule has 0 saturated heterocycles. The molecule has 0 aliphatic heterocycles. The Labute approximate surface area is 168 Å². The van der Waals surface area contributed by atoms with Crippen LogP contribution in [0.2, 0.25) is 0 Å². The van der Waals surface area contributed by atoms with Gasteiger partial charge in [0.1, 0.15) is 0 Å². The summed E-state index contributed by atoms with van der Waals surface area (Å²) in [6, 6.07) is 12.3. The van der Waals surface area contributed by atoms with Crippen molar-refractivity contribution in [3.8, 4) is 0 Å². The first kappa shape index (κ1) is 16.7. The lowest BCUT2D eigenvalue weighted by Gasteiger charge is -2.74. The number of hydrogen-bond acceptors (Lipinski definition) is 2. The van der Waals surface area contributed by atoms with Crippen molar-refractivity contribution in [3.05, 3.63) is 48.0 Å². The number of nitrogens with two attached hydrogens (primary N) is 1. The van der Waals surface area contributed by atoms with Gasteiger partial charge in [-0.25, -0.2) is 0 Å². The van der Waals surface area contributed by atoms with Crippen molar-refractivity contribution in [1.82, 2.24) is 5.32 Å². The van der Waals surface area contributed by atoms with E-state index in [2.05, 4.69) is 42.2 Å². The summed E-state index contributed by atoms with van der Waals surface area (Å²) in [5.41, 5.74) is 10.2. The minimum atomic E-state index is 0.198. The smallest absolute Gasteiger partial charge is 0.0819 e. The zero-order valence-corrected chi connectivity index (χ0v) is 16.9. The van der Waals surface area contributed by atoms with Crippen LogP contribution >= 0.6 is 12.2 Å². The molecule has 3 heteroatoms. The van der Waals surface area contributed by atoms with E-state index in [1.54, 1.807) is 5.56 Å². The van der Waals surface area contributed by atoms with Crippen molar-refractivity contribution in [1.29, 1.82) is 0 Å². The lowest BCUT2D eigenvalue weighted by atomic mass is 9.29. The van der Waals surface area contributed by atoms with Crippen molar-refractivity contribution in [2.75, 3.05) is 0 Å². The van der Waals surface area contributed by atoms with Gasteiger partial charge in [-0.05, 0) is 74.2 Å². The van der Waals surface area contributed by atoms with Gasteiger partial charge in [0.15, 0.2) is 0 Å². The molecule has 0 heterocycles. The molecule has 6 rings (SSSR count). The van der Waals surface area contributed by atoms with Crippen LogP contribution in [0.3, 0.4) is 0 Å². The zero-order chi connectivity index (χ0) is 18.4. The van der Waals surface area contributed by atoms with Crippen LogP contribution in [0.4, 0.5) is 0 Å². The van der Waals surface area contributed by atoms with Gasteiger partial charge in [0.25, 0.3) is 0 Å². The molecule has 5 unspecified atom stereocenters. The van der Waals surface area contributed by atoms with Crippen molar-refractivity contribution >= 4 is 17.2 Å². The second-order valence-corrected chi connectivity index (χ2v) is 10.7. The highest BCUT2D eigenvalue weighted by atomic mass is 32.1. The van der Waals surface area contributed by atoms with E-state index in [-0.39, 0.29) is 5.41 Å². The average Bonchev–Trinajstić information content (AvgIpc) is 3.15. The molecule has 5 aliphatic rings. The number of thiocarbonyl (C=S) groups is 1. The molecule has 2 bridgehead atoms. The second-order valence-electron chi connectivity index (χ2n) is 10.3. The third-order valence-corrected chi connectivity index (χ3v) is 9.91. The molecule has 27 heavy (non-hydrogen) atoms. The van der Waals surface area contributed by atoms with Gasteiger partial charge in [-0.3, -0.25) is 0 Å². The third-order valence-electron chi connectivity index (χ3n) is 9.36. The summed E-state index contributed by atoms with van der Waals surface area (Å²) in [5.74, 6) is 1.45. The molecule has 1 aromatic rings. The van der Waals surface area contributed by atoms with E-state index in [4.69, 9.17) is 18.0 Å². The Morgan fingerprint density at radius 1 is 1.04 bits per heavy atom. The maximum absolute atomic E-state index is 6.13. The molecule has 5 aliphatic carbocycles. The maximum atomic E-state index is 6.13. The summed E-state index contributed by atoms with van der Waals surface area (Å²) in [6.07, 6.45) is 9.70. The number of allylic oxidation sites excluding steroid dienone is 1. The Morgan fingerprint density at radius 2 is 1.74 bits per heavy atom. The summed E-state index contributed by atoms with van der Waals surface area (Å²) in [4.78, 5) is 1.17. The molecule has 2 nitrogen and oxygen atoms in total. The molecular weight excluding hydrogens is 348 g/mol. The van der Waals surface area contributed by atoms with Gasteiger partial charge in [0.05, 0.1) is 4.99 Å². The van der Waals surface area contributed by atoms with Crippen LogP contribution in [0.5, 0.6) is 0 Å². The van der Waals surface area contributed by atoms with Crippen molar-refractivity contribution in [3.63, 3.8) is 0 Å². The van der Waals surface area contributed by atoms with E-state index < -0.39 is 0 Å². The van der Waals surface area contributed by atoms with Crippen LogP contribution in [0, 0.1) is 22.7 Å². The highest BCUT2D eigenvalue weighted by Gasteiger charge is 2.86. The Bertz CT molecular complexity index is 826. The molecule has 5 saturated carbocycles. The van der Waals surface area contributed by atoms with E-state index >= 15 is 0 Å². The summed E-state index contributed by atoms with van der Waals surface area (Å²) >= 11 is 6.13. The Balaban J connectivity index is 1.32. The SMILES string of the molecule is C=C1C2CC3(C(=S)NC4CCC(N)CC4)CC4(c5ccccc5)CC1C24C3. The van der Waals surface area contributed by atoms with Crippen LogP contribution in [0.1, 0.15) is 56.9 Å². The van der Waals surface area contributed by atoms with Gasteiger partial charge < -0.3 is 11.1 Å². The van der Waals surface area contributed by atoms with Crippen LogP contribution < -0.4 is 11.1 Å². The first-order valence-corrected chi connectivity index (χ1v) is 11.2. The average molecular weight is 379 g/mol. The fourth-order valence-electron chi connectivity index (χ4n) is 8.24. The molecule has 5 atom stereocenters. The Kier molecular flexibility index (Phi) is 3.25. The van der Waals surface area contributed by atoms with Crippen LogP contribution in [-0.2, 0) is 5.41 Å². The number of hydrogen-bond donors (Lipinski definition) is 2. The fourth-order valence-corrected chi connectivity index (χ4v) is 8.63. The molecule has 142 valence electrons. The molecular formula is C24H30N2S. The summed E-state index contributed by atoms with van der Waals surface area (Å²) in [6.45, 7) is 4.50. The quantitative estimate of drug-likeness (QED) is 0.601. The van der Waals surface area contributed by atoms with Crippen LogP contribution in [0.15, 0.2) is 42.5 Å². The largest absolute Gasteiger partial charge is 0.376 e. The lowest BCUT2D eigenvalue weighted by Crippen LogP contribution is -2.70. The van der Waals surface area contributed by atoms with E-state index in [0.29, 0.717) is 28.8 Å². The second kappa shape index (κ2) is 5.24. The Hall–Kier alpha value is -1.19. The minimum absolute atomic E-state index is 0.198. The minimum Gasteiger partial charge on any atom is -0.376 e. The fraction of sp³-hybridized carbons (Fsp3) is 0.625. The van der Waals surface area contributed by atoms with Gasteiger partial charge in [-0.15, -0.1) is 0 Å². The lowest BCUT2D eigenvalue weighted by molar-refractivity contribution is -0.145. The van der Waals surface area contributed by atoms with Crippen molar-refractivity contribution < 1.29 is 0 Å². The monoisotopic (exact) mass is 378 g/mol. The summed E-state index contributed by atoms with van der Waals surface area (Å²) in [7, 11) is 0. The topological polar surface area (TPSA) is 38.0 Å². The highest BCUT2D eigenvalue weighted by molar-refractivity contribution is 7.80. The van der Waals surface area contributed by atoms with Crippen molar-refractivity contribution in [2.24, 2.45) is 28.4 Å². The van der Waals surface area contributed by atoms with Gasteiger partial charge in [-0.1, -0.05) is 54.7 Å². The van der Waals surface area contributed by atoms with Gasteiger partial charge in [0.2, 0.25) is 0 Å². The molecule has 1 aromatic carbocycles. The molecule has 5 fully saturated rings. The Morgan fingerprint density at radius 3 is 2.48 bits per heavy atom. The highest BCUT2D eigenvalue weighted by Crippen LogP contribution is 2.90. The first-order valence-electron chi connectivity index (χ1n) is 10.8. The summed E-state index contributed by atoms with van der Waals surface area (Å²) in [5, 5.41) is 3.83. The van der Waals surface area contributed by atoms with Gasteiger partial charge in [0, 0.05) is 22.9 Å². The number of nitrogens with one attached hydrogen (secondary N) is 1. The summed E-state index contributed by atoms with van der Waals surface area (Å²) < 4.78 is 0. The van der Waals surface area contributed by atoms with Gasteiger partial charge >= 0.3 is 0 Å². The van der Waals surface area contributed by atoms with E-state index in [0.717, 1.165) is 18.8 Å². The van der Waals surface area contributed by atoms with E-state index in [1.165, 1.54) is 49.1 Å². The first-order chi connectivity index (χ1) is 13.0. The molecule has 0 radical (unpaired) electrons. The maximum Gasteiger partial charge on any atom is 0.0819 e. The number of benzene rings is 1. The predicted molar refractivity (Wildman–Crippen MR) is 114 cm³/mol. The van der Waals surface area contributed by atoms with Crippen LogP contribution in [-0.4, -0.2) is 17.1 Å². The molecule has 1 spiro atoms. The van der Waals surface area contributed by atoms with E-state index in [1.807, 2.05) is 0 Å². The third kappa shape index (κ3) is 1.84. The number of fused-ring (bicyclic) bond motifs is 1. The van der Waals surface area contributed by atoms with Crippen LogP contribution in [0.25, 0.3) is 0 Å². The zero-order valence-electron chi connectivity index (χ0n) is 16.0. The molecule has 0 aromatic heterocycles. The van der Waals surface area contributed by atoms with E-state index in [9.17, 15) is 0 Å².